The minimum absolute atomic E-state index is 0.436. The van der Waals surface area contributed by atoms with Gasteiger partial charge >= 0.3 is 0 Å². The number of hydrogen-bond donors (Lipinski definition) is 1. The molecule has 1 saturated heterocycles. The van der Waals surface area contributed by atoms with E-state index in [4.69, 9.17) is 4.74 Å². The summed E-state index contributed by atoms with van der Waals surface area (Å²) in [6, 6.07) is 8.34. The Labute approximate surface area is 116 Å². The van der Waals surface area contributed by atoms with Crippen LogP contribution in [0.15, 0.2) is 24.3 Å². The second-order valence-electron chi connectivity index (χ2n) is 5.74. The molecule has 0 radical (unpaired) electrons. The number of hydrogen-bond acceptors (Lipinski definition) is 3. The second kappa shape index (κ2) is 6.40. The molecule has 0 bridgehead atoms. The highest BCUT2D eigenvalue weighted by Gasteiger charge is 2.28. The fourth-order valence-corrected chi connectivity index (χ4v) is 3.01. The van der Waals surface area contributed by atoms with E-state index in [1.54, 1.807) is 7.11 Å². The highest BCUT2D eigenvalue weighted by molar-refractivity contribution is 5.29. The molecule has 3 nitrogen and oxygen atoms in total. The van der Waals surface area contributed by atoms with Crippen LogP contribution in [0.1, 0.15) is 38.4 Å². The average Bonchev–Trinajstić information content (AvgIpc) is 2.87. The summed E-state index contributed by atoms with van der Waals surface area (Å²) in [7, 11) is 1.65. The molecule has 0 saturated carbocycles. The van der Waals surface area contributed by atoms with Gasteiger partial charge in [0.2, 0.25) is 0 Å². The summed E-state index contributed by atoms with van der Waals surface area (Å²) in [5.74, 6) is 1.46. The molecule has 0 aliphatic carbocycles. The van der Waals surface area contributed by atoms with Crippen LogP contribution in [0.25, 0.3) is 0 Å². The van der Waals surface area contributed by atoms with Crippen LogP contribution in [0, 0.1) is 5.92 Å². The molecule has 0 spiro atoms. The number of methoxy groups -OCH3 is 1. The van der Waals surface area contributed by atoms with Gasteiger partial charge in [-0.3, -0.25) is 4.90 Å². The van der Waals surface area contributed by atoms with E-state index in [9.17, 15) is 5.11 Å². The zero-order chi connectivity index (χ0) is 13.8. The Morgan fingerprint density at radius 2 is 2.21 bits per heavy atom. The van der Waals surface area contributed by atoms with E-state index in [1.807, 2.05) is 24.3 Å². The molecule has 19 heavy (non-hydrogen) atoms. The molecule has 1 heterocycles. The Kier molecular flexibility index (Phi) is 4.83. The summed E-state index contributed by atoms with van der Waals surface area (Å²) < 4.78 is 5.21. The number of aliphatic hydroxyl groups is 1. The number of nitrogens with zero attached hydrogens (tertiary/aromatic N) is 1. The first-order chi connectivity index (χ1) is 9.11. The Morgan fingerprint density at radius 1 is 1.42 bits per heavy atom. The summed E-state index contributed by atoms with van der Waals surface area (Å²) in [5, 5.41) is 10.4. The van der Waals surface area contributed by atoms with Gasteiger partial charge < -0.3 is 9.84 Å². The highest BCUT2D eigenvalue weighted by atomic mass is 16.5. The number of β-amino-alcohol motifs (C(OH)–C–C–N with tert-alkyl or cyclic N) is 1. The Hall–Kier alpha value is -1.06. The summed E-state index contributed by atoms with van der Waals surface area (Å²) in [6.45, 7) is 6.35. The van der Waals surface area contributed by atoms with E-state index in [2.05, 4.69) is 18.7 Å². The quantitative estimate of drug-likeness (QED) is 0.886. The van der Waals surface area contributed by atoms with Crippen LogP contribution in [0.4, 0.5) is 0 Å². The molecule has 106 valence electrons. The van der Waals surface area contributed by atoms with Gasteiger partial charge in [0.05, 0.1) is 13.2 Å². The molecular weight excluding hydrogens is 238 g/mol. The van der Waals surface area contributed by atoms with Crippen LogP contribution < -0.4 is 4.74 Å². The van der Waals surface area contributed by atoms with Crippen LogP contribution in [-0.4, -0.2) is 36.2 Å². The number of ether oxygens (including phenoxy) is 1. The number of aliphatic hydroxyl groups excluding tert-OH is 1. The molecule has 3 heteroatoms. The molecule has 2 atom stereocenters. The number of benzene rings is 1. The van der Waals surface area contributed by atoms with Crippen molar-refractivity contribution in [3.05, 3.63) is 29.8 Å². The summed E-state index contributed by atoms with van der Waals surface area (Å²) in [6.07, 6.45) is 2.06. The van der Waals surface area contributed by atoms with Crippen LogP contribution in [-0.2, 0) is 0 Å². The maximum Gasteiger partial charge on any atom is 0.119 e. The molecule has 1 N–H and O–H groups in total. The lowest BCUT2D eigenvalue weighted by atomic mass is 10.0. The largest absolute Gasteiger partial charge is 0.497 e. The molecule has 1 aromatic carbocycles. The van der Waals surface area contributed by atoms with Crippen LogP contribution >= 0.6 is 0 Å². The van der Waals surface area contributed by atoms with Crippen molar-refractivity contribution < 1.29 is 9.84 Å². The maximum absolute atomic E-state index is 10.4. The minimum atomic E-state index is -0.436. The van der Waals surface area contributed by atoms with Crippen molar-refractivity contribution >= 4 is 0 Å². The van der Waals surface area contributed by atoms with E-state index in [0.29, 0.717) is 12.0 Å². The summed E-state index contributed by atoms with van der Waals surface area (Å²) in [4.78, 5) is 2.43. The smallest absolute Gasteiger partial charge is 0.119 e. The highest BCUT2D eigenvalue weighted by Crippen LogP contribution is 2.27. The third-order valence-corrected chi connectivity index (χ3v) is 4.07. The molecular formula is C16H25NO2. The van der Waals surface area contributed by atoms with Crippen LogP contribution in [0.3, 0.4) is 0 Å². The zero-order valence-corrected chi connectivity index (χ0v) is 12.2. The topological polar surface area (TPSA) is 32.7 Å². The number of likely N-dealkylation sites (tertiary alicyclic amines) is 1. The average molecular weight is 263 g/mol. The lowest BCUT2D eigenvalue weighted by Gasteiger charge is -2.29. The third-order valence-electron chi connectivity index (χ3n) is 4.07. The fraction of sp³-hybridized carbons (Fsp3) is 0.625. The van der Waals surface area contributed by atoms with Gasteiger partial charge in [-0.25, -0.2) is 0 Å². The van der Waals surface area contributed by atoms with Crippen molar-refractivity contribution in [2.75, 3.05) is 20.2 Å². The van der Waals surface area contributed by atoms with Crippen molar-refractivity contribution in [2.45, 2.75) is 38.8 Å². The fourth-order valence-electron chi connectivity index (χ4n) is 3.01. The van der Waals surface area contributed by atoms with E-state index in [-0.39, 0.29) is 0 Å². The summed E-state index contributed by atoms with van der Waals surface area (Å²) >= 11 is 0. The van der Waals surface area contributed by atoms with Crippen molar-refractivity contribution in [1.82, 2.24) is 4.90 Å². The molecule has 2 rings (SSSR count). The first kappa shape index (κ1) is 14.4. The predicted octanol–water partition coefficient (Wildman–Crippen LogP) is 2.85. The maximum atomic E-state index is 10.4. The first-order valence-electron chi connectivity index (χ1n) is 7.18. The Bertz CT molecular complexity index is 405. The first-order valence-corrected chi connectivity index (χ1v) is 7.18. The zero-order valence-electron chi connectivity index (χ0n) is 12.2. The van der Waals surface area contributed by atoms with Gasteiger partial charge in [0.15, 0.2) is 0 Å². The number of rotatable bonds is 5. The second-order valence-corrected chi connectivity index (χ2v) is 5.74. The van der Waals surface area contributed by atoms with Gasteiger partial charge in [-0.15, -0.1) is 0 Å². The lowest BCUT2D eigenvalue weighted by Crippen LogP contribution is -2.36. The van der Waals surface area contributed by atoms with Gasteiger partial charge in [0, 0.05) is 12.6 Å². The van der Waals surface area contributed by atoms with E-state index in [0.717, 1.165) is 24.4 Å². The van der Waals surface area contributed by atoms with E-state index in [1.165, 1.54) is 12.8 Å². The van der Waals surface area contributed by atoms with Crippen LogP contribution in [0.2, 0.25) is 0 Å². The van der Waals surface area contributed by atoms with Crippen molar-refractivity contribution in [3.63, 3.8) is 0 Å². The van der Waals surface area contributed by atoms with Crippen molar-refractivity contribution in [3.8, 4) is 5.75 Å². The lowest BCUT2D eigenvalue weighted by molar-refractivity contribution is 0.0937. The SMILES string of the molecule is COc1cccc(C(O)CN2CCCC2C(C)C)c1. The van der Waals surface area contributed by atoms with E-state index >= 15 is 0 Å². The molecule has 1 aliphatic heterocycles. The van der Waals surface area contributed by atoms with Crippen LogP contribution in [0.5, 0.6) is 5.75 Å². The Morgan fingerprint density at radius 3 is 2.89 bits per heavy atom. The van der Waals surface area contributed by atoms with Gasteiger partial charge in [0.25, 0.3) is 0 Å². The standard InChI is InChI=1S/C16H25NO2/c1-12(2)15-8-5-9-17(15)11-16(18)13-6-4-7-14(10-13)19-3/h4,6-7,10,12,15-16,18H,5,8-9,11H2,1-3H3. The van der Waals surface area contributed by atoms with Gasteiger partial charge in [-0.1, -0.05) is 26.0 Å². The molecule has 1 fully saturated rings. The monoisotopic (exact) mass is 263 g/mol. The van der Waals surface area contributed by atoms with E-state index < -0.39 is 6.10 Å². The predicted molar refractivity (Wildman–Crippen MR) is 77.4 cm³/mol. The molecule has 0 aromatic heterocycles. The van der Waals surface area contributed by atoms with Crippen molar-refractivity contribution in [1.29, 1.82) is 0 Å². The minimum Gasteiger partial charge on any atom is -0.497 e. The van der Waals surface area contributed by atoms with Gasteiger partial charge in [0.1, 0.15) is 5.75 Å². The Balaban J connectivity index is 2.01. The summed E-state index contributed by atoms with van der Waals surface area (Å²) in [5.41, 5.74) is 0.939. The third kappa shape index (κ3) is 3.48. The van der Waals surface area contributed by atoms with Crippen molar-refractivity contribution in [2.24, 2.45) is 5.92 Å². The molecule has 2 unspecified atom stereocenters. The van der Waals surface area contributed by atoms with Gasteiger partial charge in [-0.2, -0.15) is 0 Å². The normalized spacial score (nSPS) is 21.8. The molecule has 1 aromatic rings. The molecule has 1 aliphatic rings. The van der Waals surface area contributed by atoms with Gasteiger partial charge in [-0.05, 0) is 43.0 Å². The molecule has 0 amide bonds.